The van der Waals surface area contributed by atoms with Crippen molar-refractivity contribution in [2.45, 2.75) is 19.3 Å². The van der Waals surface area contributed by atoms with E-state index in [1.807, 2.05) is 19.1 Å². The summed E-state index contributed by atoms with van der Waals surface area (Å²) in [5.74, 6) is 0.910. The van der Waals surface area contributed by atoms with Crippen LogP contribution in [0, 0.1) is 5.82 Å². The van der Waals surface area contributed by atoms with Crippen LogP contribution < -0.4 is 0 Å². The van der Waals surface area contributed by atoms with Crippen LogP contribution in [0.1, 0.15) is 24.5 Å². The van der Waals surface area contributed by atoms with Crippen molar-refractivity contribution < 1.29 is 14.0 Å². The number of hydrogen-bond donors (Lipinski definition) is 2. The summed E-state index contributed by atoms with van der Waals surface area (Å²) < 4.78 is 19.1. The number of rotatable bonds is 5. The molecule has 9 heteroatoms. The molecular formula is C18H15FN6O2. The predicted octanol–water partition coefficient (Wildman–Crippen LogP) is 3.11. The number of phenolic OH excluding ortho intramolecular Hbond substituents is 1. The number of halogens is 1. The lowest BCUT2D eigenvalue weighted by molar-refractivity contribution is 0.414. The Bertz CT molecular complexity index is 1060. The van der Waals surface area contributed by atoms with Crippen LogP contribution in [0.3, 0.4) is 0 Å². The third-order valence-corrected chi connectivity index (χ3v) is 4.03. The van der Waals surface area contributed by atoms with Gasteiger partial charge < -0.3 is 9.63 Å². The average molecular weight is 366 g/mol. The largest absolute Gasteiger partial charge is 0.508 e. The first-order valence-electron chi connectivity index (χ1n) is 8.24. The second-order valence-corrected chi connectivity index (χ2v) is 6.07. The molecule has 1 unspecified atom stereocenters. The molecule has 0 radical (unpaired) electrons. The zero-order chi connectivity index (χ0) is 18.8. The number of phenols is 1. The standard InChI is InChI=1S/C18H15FN6O2/c1-10(8-15-21-17(24-23-15)11-4-6-20-7-5-11)16-22-18(27-25-16)13-9-12(26)2-3-14(13)19/h2-7,9-10,26H,8H2,1H3,(H,21,23,24). The molecule has 1 atom stereocenters. The predicted molar refractivity (Wildman–Crippen MR) is 93.1 cm³/mol. The molecular weight excluding hydrogens is 351 g/mol. The SMILES string of the molecule is CC(Cc1nc(-c2ccncc2)n[nH]1)c1noc(-c2cc(O)ccc2F)n1. The third kappa shape index (κ3) is 3.52. The second-order valence-electron chi connectivity index (χ2n) is 6.07. The highest BCUT2D eigenvalue weighted by molar-refractivity contribution is 5.56. The van der Waals surface area contributed by atoms with Crippen LogP contribution in [-0.4, -0.2) is 35.4 Å². The van der Waals surface area contributed by atoms with Gasteiger partial charge in [-0.2, -0.15) is 10.1 Å². The molecule has 136 valence electrons. The van der Waals surface area contributed by atoms with Crippen molar-refractivity contribution in [3.05, 3.63) is 60.2 Å². The van der Waals surface area contributed by atoms with Crippen LogP contribution in [0.15, 0.2) is 47.2 Å². The van der Waals surface area contributed by atoms with E-state index in [0.29, 0.717) is 23.9 Å². The maximum atomic E-state index is 13.9. The Morgan fingerprint density at radius 1 is 1.19 bits per heavy atom. The van der Waals surface area contributed by atoms with E-state index < -0.39 is 5.82 Å². The van der Waals surface area contributed by atoms with Gasteiger partial charge in [0, 0.05) is 30.3 Å². The molecule has 8 nitrogen and oxygen atoms in total. The molecule has 4 rings (SSSR count). The Morgan fingerprint density at radius 3 is 2.81 bits per heavy atom. The lowest BCUT2D eigenvalue weighted by Gasteiger charge is -2.02. The molecule has 27 heavy (non-hydrogen) atoms. The van der Waals surface area contributed by atoms with Crippen molar-refractivity contribution in [2.75, 3.05) is 0 Å². The summed E-state index contributed by atoms with van der Waals surface area (Å²) in [6.07, 6.45) is 3.85. The molecule has 0 bridgehead atoms. The van der Waals surface area contributed by atoms with Crippen LogP contribution >= 0.6 is 0 Å². The molecule has 2 N–H and O–H groups in total. The highest BCUT2D eigenvalue weighted by Crippen LogP contribution is 2.27. The van der Waals surface area contributed by atoms with E-state index in [1.54, 1.807) is 12.4 Å². The van der Waals surface area contributed by atoms with Gasteiger partial charge in [-0.05, 0) is 30.3 Å². The Balaban J connectivity index is 1.51. The molecule has 0 aliphatic carbocycles. The van der Waals surface area contributed by atoms with Gasteiger partial charge in [-0.25, -0.2) is 9.37 Å². The van der Waals surface area contributed by atoms with E-state index in [2.05, 4.69) is 30.3 Å². The number of aromatic amines is 1. The number of hydrogen-bond acceptors (Lipinski definition) is 7. The van der Waals surface area contributed by atoms with Crippen molar-refractivity contribution in [1.29, 1.82) is 0 Å². The Hall–Kier alpha value is -3.62. The molecule has 0 aliphatic heterocycles. The van der Waals surface area contributed by atoms with E-state index >= 15 is 0 Å². The van der Waals surface area contributed by atoms with Gasteiger partial charge in [0.25, 0.3) is 5.89 Å². The van der Waals surface area contributed by atoms with E-state index in [-0.39, 0.29) is 23.1 Å². The second kappa shape index (κ2) is 6.94. The fourth-order valence-electron chi connectivity index (χ4n) is 2.62. The number of benzene rings is 1. The van der Waals surface area contributed by atoms with Crippen molar-refractivity contribution >= 4 is 0 Å². The van der Waals surface area contributed by atoms with Crippen LogP contribution in [0.25, 0.3) is 22.8 Å². The smallest absolute Gasteiger partial charge is 0.261 e. The number of aromatic hydroxyl groups is 1. The summed E-state index contributed by atoms with van der Waals surface area (Å²) >= 11 is 0. The quantitative estimate of drug-likeness (QED) is 0.558. The molecule has 0 saturated heterocycles. The third-order valence-electron chi connectivity index (χ3n) is 4.03. The average Bonchev–Trinajstić information content (AvgIpc) is 3.34. The maximum Gasteiger partial charge on any atom is 0.261 e. The molecule has 1 aromatic carbocycles. The summed E-state index contributed by atoms with van der Waals surface area (Å²) in [6.45, 7) is 1.90. The Kier molecular flexibility index (Phi) is 4.33. The van der Waals surface area contributed by atoms with Gasteiger partial charge in [0.15, 0.2) is 11.6 Å². The van der Waals surface area contributed by atoms with Crippen molar-refractivity contribution in [1.82, 2.24) is 30.3 Å². The summed E-state index contributed by atoms with van der Waals surface area (Å²) in [7, 11) is 0. The summed E-state index contributed by atoms with van der Waals surface area (Å²) in [5.41, 5.74) is 0.918. The number of pyridine rings is 1. The number of nitrogens with zero attached hydrogens (tertiary/aromatic N) is 5. The zero-order valence-corrected chi connectivity index (χ0v) is 14.3. The molecule has 0 aliphatic rings. The van der Waals surface area contributed by atoms with Crippen LogP contribution in [0.4, 0.5) is 4.39 Å². The normalized spacial score (nSPS) is 12.2. The van der Waals surface area contributed by atoms with Gasteiger partial charge in [0.1, 0.15) is 17.4 Å². The van der Waals surface area contributed by atoms with Crippen molar-refractivity contribution in [3.8, 4) is 28.6 Å². The first-order valence-corrected chi connectivity index (χ1v) is 8.24. The molecule has 0 spiro atoms. The fraction of sp³-hybridized carbons (Fsp3) is 0.167. The maximum absolute atomic E-state index is 13.9. The number of nitrogens with one attached hydrogen (secondary N) is 1. The highest BCUT2D eigenvalue weighted by atomic mass is 19.1. The minimum Gasteiger partial charge on any atom is -0.508 e. The Labute approximate surface area is 153 Å². The van der Waals surface area contributed by atoms with Crippen LogP contribution in [0.5, 0.6) is 5.75 Å². The molecule has 0 fully saturated rings. The summed E-state index contributed by atoms with van der Waals surface area (Å²) in [4.78, 5) is 12.7. The van der Waals surface area contributed by atoms with E-state index in [1.165, 1.54) is 12.1 Å². The van der Waals surface area contributed by atoms with Crippen molar-refractivity contribution in [3.63, 3.8) is 0 Å². The number of aromatic nitrogens is 6. The lowest BCUT2D eigenvalue weighted by Crippen LogP contribution is -2.02. The van der Waals surface area contributed by atoms with Gasteiger partial charge in [-0.3, -0.25) is 10.1 Å². The van der Waals surface area contributed by atoms with Gasteiger partial charge >= 0.3 is 0 Å². The first-order chi connectivity index (χ1) is 13.1. The van der Waals surface area contributed by atoms with Crippen LogP contribution in [0.2, 0.25) is 0 Å². The molecule has 0 saturated carbocycles. The lowest BCUT2D eigenvalue weighted by atomic mass is 10.1. The van der Waals surface area contributed by atoms with E-state index in [0.717, 1.165) is 11.6 Å². The van der Waals surface area contributed by atoms with Crippen molar-refractivity contribution in [2.24, 2.45) is 0 Å². The first kappa shape index (κ1) is 16.8. The van der Waals surface area contributed by atoms with Gasteiger partial charge in [-0.15, -0.1) is 0 Å². The monoisotopic (exact) mass is 366 g/mol. The van der Waals surface area contributed by atoms with Gasteiger partial charge in [-0.1, -0.05) is 12.1 Å². The Morgan fingerprint density at radius 2 is 2.00 bits per heavy atom. The minimum absolute atomic E-state index is 0.0142. The van der Waals surface area contributed by atoms with Crippen LogP contribution in [-0.2, 0) is 6.42 Å². The van der Waals surface area contributed by atoms with Gasteiger partial charge in [0.05, 0.1) is 5.56 Å². The van der Waals surface area contributed by atoms with E-state index in [9.17, 15) is 9.50 Å². The molecule has 0 amide bonds. The minimum atomic E-state index is -0.548. The molecule has 3 heterocycles. The summed E-state index contributed by atoms with van der Waals surface area (Å²) in [6, 6.07) is 7.29. The van der Waals surface area contributed by atoms with Gasteiger partial charge in [0.2, 0.25) is 0 Å². The molecule has 4 aromatic rings. The topological polar surface area (TPSA) is 114 Å². The fourth-order valence-corrected chi connectivity index (χ4v) is 2.62. The molecule has 3 aromatic heterocycles. The van der Waals surface area contributed by atoms with E-state index in [4.69, 9.17) is 4.52 Å². The summed E-state index contributed by atoms with van der Waals surface area (Å²) in [5, 5.41) is 20.5. The number of H-pyrrole nitrogens is 1. The highest BCUT2D eigenvalue weighted by Gasteiger charge is 2.19. The zero-order valence-electron chi connectivity index (χ0n) is 14.3.